The molecule has 0 saturated heterocycles. The molecule has 0 saturated carbocycles. The summed E-state index contributed by atoms with van der Waals surface area (Å²) in [6.07, 6.45) is 0. The van der Waals surface area contributed by atoms with E-state index < -0.39 is 0 Å². The number of aromatic nitrogens is 2. The molecule has 4 nitrogen and oxygen atoms in total. The molecule has 24 heavy (non-hydrogen) atoms. The van der Waals surface area contributed by atoms with E-state index in [1.54, 1.807) is 12.1 Å². The minimum Gasteiger partial charge on any atom is -0.617 e. The van der Waals surface area contributed by atoms with Crippen molar-refractivity contribution in [1.82, 2.24) is 0 Å². The Bertz CT molecular complexity index is 1030. The van der Waals surface area contributed by atoms with Gasteiger partial charge in [-0.3, -0.25) is 0 Å². The summed E-state index contributed by atoms with van der Waals surface area (Å²) in [5.74, 6) is 0. The van der Waals surface area contributed by atoms with Crippen LogP contribution in [0.3, 0.4) is 0 Å². The number of hydrogen-bond donors (Lipinski definition) is 0. The van der Waals surface area contributed by atoms with Crippen molar-refractivity contribution in [2.75, 3.05) is 0 Å². The van der Waals surface area contributed by atoms with Gasteiger partial charge >= 0.3 is 5.69 Å². The fraction of sp³-hybridized carbons (Fsp3) is 0.0526. The van der Waals surface area contributed by atoms with E-state index in [4.69, 9.17) is 0 Å². The molecule has 0 fully saturated rings. The van der Waals surface area contributed by atoms with E-state index in [1.807, 2.05) is 60.8 Å². The fourth-order valence-electron chi connectivity index (χ4n) is 2.88. The molecule has 2 aromatic heterocycles. The average Bonchev–Trinajstić information content (AvgIpc) is 3.12. The molecular formula is C19H14N2O2S. The van der Waals surface area contributed by atoms with Crippen molar-refractivity contribution < 1.29 is 9.46 Å². The van der Waals surface area contributed by atoms with Gasteiger partial charge in [-0.2, -0.15) is 9.46 Å². The molecule has 0 spiro atoms. The highest BCUT2D eigenvalue weighted by Crippen LogP contribution is 2.31. The Labute approximate surface area is 143 Å². The first-order chi connectivity index (χ1) is 11.7. The van der Waals surface area contributed by atoms with Crippen LogP contribution in [0, 0.1) is 17.3 Å². The minimum atomic E-state index is 0.374. The molecule has 0 aliphatic heterocycles. The van der Waals surface area contributed by atoms with Gasteiger partial charge in [-0.25, -0.2) is 0 Å². The van der Waals surface area contributed by atoms with Gasteiger partial charge in [0.1, 0.15) is 4.88 Å². The van der Waals surface area contributed by atoms with Crippen molar-refractivity contribution >= 4 is 22.4 Å². The van der Waals surface area contributed by atoms with Crippen molar-refractivity contribution in [3.8, 4) is 21.8 Å². The molecule has 2 heterocycles. The maximum Gasteiger partial charge on any atom is 0.308 e. The van der Waals surface area contributed by atoms with E-state index in [0.29, 0.717) is 22.4 Å². The zero-order valence-electron chi connectivity index (χ0n) is 13.0. The van der Waals surface area contributed by atoms with Gasteiger partial charge in [-0.15, -0.1) is 11.3 Å². The highest BCUT2D eigenvalue weighted by atomic mass is 32.1. The van der Waals surface area contributed by atoms with Gasteiger partial charge in [0.25, 0.3) is 16.7 Å². The van der Waals surface area contributed by atoms with Crippen LogP contribution >= 0.6 is 11.3 Å². The second-order valence-electron chi connectivity index (χ2n) is 5.62. The monoisotopic (exact) mass is 334 g/mol. The van der Waals surface area contributed by atoms with Crippen LogP contribution in [0.15, 0.2) is 66.0 Å². The minimum absolute atomic E-state index is 0.374. The Hall–Kier alpha value is -2.92. The number of hydrogen-bond acceptors (Lipinski definition) is 3. The maximum atomic E-state index is 13.1. The summed E-state index contributed by atoms with van der Waals surface area (Å²) in [6.45, 7) is 1.91. The van der Waals surface area contributed by atoms with Crippen LogP contribution in [-0.2, 0) is 0 Å². The third kappa shape index (κ3) is 2.21. The molecule has 0 aliphatic carbocycles. The number of thiophene rings is 1. The van der Waals surface area contributed by atoms with Crippen LogP contribution in [-0.4, -0.2) is 0 Å². The van der Waals surface area contributed by atoms with Crippen molar-refractivity contribution in [3.63, 3.8) is 0 Å². The van der Waals surface area contributed by atoms with Crippen molar-refractivity contribution in [1.29, 1.82) is 0 Å². The van der Waals surface area contributed by atoms with Crippen LogP contribution in [0.25, 0.3) is 32.9 Å². The number of rotatable bonds is 2. The summed E-state index contributed by atoms with van der Waals surface area (Å²) < 4.78 is 1.75. The second-order valence-corrected chi connectivity index (χ2v) is 6.57. The first-order valence-electron chi connectivity index (χ1n) is 7.55. The smallest absolute Gasteiger partial charge is 0.308 e. The lowest BCUT2D eigenvalue weighted by Gasteiger charge is -2.13. The summed E-state index contributed by atoms with van der Waals surface area (Å²) in [5, 5.41) is 28.1. The molecule has 0 radical (unpaired) electrons. The first-order valence-corrected chi connectivity index (χ1v) is 8.43. The van der Waals surface area contributed by atoms with Crippen LogP contribution in [0.1, 0.15) is 5.56 Å². The molecule has 0 amide bonds. The molecule has 2 aromatic carbocycles. The third-order valence-corrected chi connectivity index (χ3v) is 4.88. The van der Waals surface area contributed by atoms with Crippen LogP contribution < -0.4 is 9.46 Å². The summed E-state index contributed by atoms with van der Waals surface area (Å²) in [4.78, 5) is 0.774. The molecule has 0 aliphatic rings. The highest BCUT2D eigenvalue weighted by Gasteiger charge is 2.31. The lowest BCUT2D eigenvalue weighted by Crippen LogP contribution is -2.42. The lowest BCUT2D eigenvalue weighted by atomic mass is 10.1. The first kappa shape index (κ1) is 14.7. The topological polar surface area (TPSA) is 53.9 Å². The summed E-state index contributed by atoms with van der Waals surface area (Å²) in [7, 11) is 0. The van der Waals surface area contributed by atoms with E-state index in [9.17, 15) is 10.4 Å². The van der Waals surface area contributed by atoms with Crippen molar-refractivity contribution in [2.45, 2.75) is 6.92 Å². The molecule has 4 rings (SSSR count). The van der Waals surface area contributed by atoms with Crippen molar-refractivity contribution in [2.24, 2.45) is 0 Å². The van der Waals surface area contributed by atoms with Gasteiger partial charge < -0.3 is 10.4 Å². The van der Waals surface area contributed by atoms with E-state index in [2.05, 4.69) is 0 Å². The van der Waals surface area contributed by atoms with Gasteiger partial charge in [0, 0.05) is 12.1 Å². The Morgan fingerprint density at radius 3 is 2.25 bits per heavy atom. The van der Waals surface area contributed by atoms with Gasteiger partial charge in [-0.1, -0.05) is 30.3 Å². The van der Waals surface area contributed by atoms with Gasteiger partial charge in [-0.05, 0) is 36.1 Å². The quantitative estimate of drug-likeness (QED) is 0.413. The van der Waals surface area contributed by atoms with Crippen LogP contribution in [0.5, 0.6) is 0 Å². The molecule has 4 aromatic rings. The SMILES string of the molecule is Cc1ccc2c(c1)[n+]([O-])c(-c1ccccc1)c(-c1cccs1)[n+]2[O-]. The van der Waals surface area contributed by atoms with Crippen LogP contribution in [0.4, 0.5) is 0 Å². The highest BCUT2D eigenvalue weighted by molar-refractivity contribution is 7.13. The number of fused-ring (bicyclic) bond motifs is 1. The Kier molecular flexibility index (Phi) is 3.43. The number of benzene rings is 2. The molecule has 5 heteroatoms. The normalized spacial score (nSPS) is 11.0. The zero-order chi connectivity index (χ0) is 16.7. The van der Waals surface area contributed by atoms with E-state index in [-0.39, 0.29) is 0 Å². The fourth-order valence-corrected chi connectivity index (χ4v) is 3.63. The molecule has 118 valence electrons. The summed E-state index contributed by atoms with van der Waals surface area (Å²) in [5.41, 5.74) is 3.19. The predicted octanol–water partition coefficient (Wildman–Crippen LogP) is 3.81. The molecular weight excluding hydrogens is 320 g/mol. The largest absolute Gasteiger partial charge is 0.617 e. The predicted molar refractivity (Wildman–Crippen MR) is 95.4 cm³/mol. The number of nitrogens with zero attached hydrogens (tertiary/aromatic N) is 2. The van der Waals surface area contributed by atoms with E-state index >= 15 is 0 Å². The number of aryl methyl sites for hydroxylation is 1. The molecule has 0 bridgehead atoms. The lowest BCUT2D eigenvalue weighted by molar-refractivity contribution is -0.612. The molecule has 0 unspecified atom stereocenters. The maximum absolute atomic E-state index is 13.1. The Morgan fingerprint density at radius 1 is 0.792 bits per heavy atom. The van der Waals surface area contributed by atoms with Crippen LogP contribution in [0.2, 0.25) is 0 Å². The van der Waals surface area contributed by atoms with E-state index in [0.717, 1.165) is 25.5 Å². The summed E-state index contributed by atoms with van der Waals surface area (Å²) >= 11 is 1.45. The molecule has 0 N–H and O–H groups in total. The van der Waals surface area contributed by atoms with E-state index in [1.165, 1.54) is 11.3 Å². The Balaban J connectivity index is 2.19. The zero-order valence-corrected chi connectivity index (χ0v) is 13.8. The van der Waals surface area contributed by atoms with Crippen molar-refractivity contribution in [3.05, 3.63) is 82.0 Å². The summed E-state index contributed by atoms with van der Waals surface area (Å²) in [6, 6.07) is 18.4. The van der Waals surface area contributed by atoms with Gasteiger partial charge in [0.2, 0.25) is 0 Å². The average molecular weight is 334 g/mol. The standard InChI is InChI=1S/C19H14N2O2S/c1-13-9-10-15-16(12-13)21(23)18(14-6-3-2-4-7-14)19(20(15)22)17-8-5-11-24-17/h2-12H,1H3. The third-order valence-electron chi connectivity index (χ3n) is 4.00. The molecule has 0 atom stereocenters. The van der Waals surface area contributed by atoms with Gasteiger partial charge in [0.15, 0.2) is 0 Å². The second kappa shape index (κ2) is 5.62. The van der Waals surface area contributed by atoms with Gasteiger partial charge in [0.05, 0.1) is 5.56 Å². The Morgan fingerprint density at radius 2 is 1.54 bits per heavy atom.